The largest absolute Gasteiger partial charge is 0.368 e. The number of nitrogens with zero attached hydrogens (tertiary/aromatic N) is 1. The second-order valence-corrected chi connectivity index (χ2v) is 8.49. The van der Waals surface area contributed by atoms with E-state index in [0.717, 1.165) is 9.87 Å². The first-order valence-corrected chi connectivity index (χ1v) is 10.0. The van der Waals surface area contributed by atoms with Crippen LogP contribution in [0.4, 0.5) is 0 Å². The number of nitrogens with two attached hydrogens (primary N) is 1. The first-order chi connectivity index (χ1) is 13.6. The fourth-order valence-corrected chi connectivity index (χ4v) is 3.22. The van der Waals surface area contributed by atoms with Gasteiger partial charge in [-0.15, -0.1) is 0 Å². The van der Waals surface area contributed by atoms with Crippen molar-refractivity contribution in [2.24, 2.45) is 5.73 Å². The molecule has 10 heteroatoms. The van der Waals surface area contributed by atoms with Gasteiger partial charge < -0.3 is 16.4 Å². The molecule has 154 valence electrons. The van der Waals surface area contributed by atoms with Crippen molar-refractivity contribution in [3.63, 3.8) is 0 Å². The molecule has 2 rings (SSSR count). The van der Waals surface area contributed by atoms with Gasteiger partial charge >= 0.3 is 0 Å². The highest BCUT2D eigenvalue weighted by Crippen LogP contribution is 2.14. The molecule has 0 saturated carbocycles. The molecule has 0 saturated heterocycles. The van der Waals surface area contributed by atoms with Gasteiger partial charge in [-0.25, -0.2) is 12.7 Å². The number of sulfonamides is 1. The smallest absolute Gasteiger partial charge is 0.251 e. The summed E-state index contributed by atoms with van der Waals surface area (Å²) >= 11 is 0. The summed E-state index contributed by atoms with van der Waals surface area (Å²) in [5.41, 5.74) is 6.42. The molecular weight excluding hydrogens is 396 g/mol. The first kappa shape index (κ1) is 22.1. The first-order valence-electron chi connectivity index (χ1n) is 8.57. The number of benzene rings is 2. The maximum absolute atomic E-state index is 12.3. The van der Waals surface area contributed by atoms with Crippen LogP contribution in [0.3, 0.4) is 0 Å². The highest BCUT2D eigenvalue weighted by Gasteiger charge is 2.17. The lowest BCUT2D eigenvalue weighted by Gasteiger charge is -2.11. The second kappa shape index (κ2) is 9.30. The number of amides is 3. The Morgan fingerprint density at radius 1 is 0.862 bits per heavy atom. The van der Waals surface area contributed by atoms with Crippen molar-refractivity contribution in [3.05, 3.63) is 65.2 Å². The van der Waals surface area contributed by atoms with E-state index >= 15 is 0 Å². The van der Waals surface area contributed by atoms with Crippen LogP contribution in [0, 0.1) is 0 Å². The zero-order valence-corrected chi connectivity index (χ0v) is 16.8. The Labute approximate surface area is 168 Å². The van der Waals surface area contributed by atoms with Crippen LogP contribution >= 0.6 is 0 Å². The summed E-state index contributed by atoms with van der Waals surface area (Å²) in [7, 11) is -0.685. The molecule has 0 aromatic heterocycles. The highest BCUT2D eigenvalue weighted by molar-refractivity contribution is 7.89. The zero-order chi connectivity index (χ0) is 21.6. The van der Waals surface area contributed by atoms with Crippen molar-refractivity contribution in [2.75, 3.05) is 20.6 Å². The normalized spacial score (nSPS) is 11.1. The monoisotopic (exact) mass is 418 g/mol. The molecule has 29 heavy (non-hydrogen) atoms. The lowest BCUT2D eigenvalue weighted by atomic mass is 10.1. The van der Waals surface area contributed by atoms with Crippen LogP contribution in [0.5, 0.6) is 0 Å². The van der Waals surface area contributed by atoms with Crippen LogP contribution < -0.4 is 16.4 Å². The summed E-state index contributed by atoms with van der Waals surface area (Å²) < 4.78 is 25.2. The predicted octanol–water partition coefficient (Wildman–Crippen LogP) is 0.0820. The molecule has 0 radical (unpaired) electrons. The Morgan fingerprint density at radius 3 is 1.83 bits per heavy atom. The van der Waals surface area contributed by atoms with Gasteiger partial charge in [0.15, 0.2) is 0 Å². The van der Waals surface area contributed by atoms with Gasteiger partial charge in [0.2, 0.25) is 15.9 Å². The standard InChI is InChI=1S/C19H22N4O5S/c1-23(2)29(27,28)16-9-7-15(8-10-16)18(25)21-11-13-3-5-14(6-4-13)19(26)22-12-17(20)24/h3-10H,11-12H2,1-2H3,(H2,20,24)(H,21,25)(H,22,26). The van der Waals surface area contributed by atoms with Crippen molar-refractivity contribution in [2.45, 2.75) is 11.4 Å². The average molecular weight is 418 g/mol. The molecule has 3 amide bonds. The fraction of sp³-hybridized carbons (Fsp3) is 0.211. The Balaban J connectivity index is 1.95. The van der Waals surface area contributed by atoms with Crippen LogP contribution in [0.2, 0.25) is 0 Å². The van der Waals surface area contributed by atoms with Crippen molar-refractivity contribution >= 4 is 27.7 Å². The molecule has 0 bridgehead atoms. The molecule has 0 spiro atoms. The molecule has 0 aliphatic heterocycles. The lowest BCUT2D eigenvalue weighted by molar-refractivity contribution is -0.117. The summed E-state index contributed by atoms with van der Waals surface area (Å²) in [6.07, 6.45) is 0. The van der Waals surface area contributed by atoms with Crippen LogP contribution in [-0.2, 0) is 21.4 Å². The van der Waals surface area contributed by atoms with Crippen LogP contribution in [0.15, 0.2) is 53.4 Å². The van der Waals surface area contributed by atoms with Crippen molar-refractivity contribution < 1.29 is 22.8 Å². The van der Waals surface area contributed by atoms with E-state index in [1.165, 1.54) is 38.4 Å². The number of carbonyl (C=O) groups is 3. The fourth-order valence-electron chi connectivity index (χ4n) is 2.32. The number of nitrogens with one attached hydrogen (secondary N) is 2. The molecule has 0 aliphatic rings. The Hall–Kier alpha value is -3.24. The number of primary amides is 1. The molecule has 0 aliphatic carbocycles. The van der Waals surface area contributed by atoms with E-state index in [1.54, 1.807) is 24.3 Å². The minimum Gasteiger partial charge on any atom is -0.368 e. The van der Waals surface area contributed by atoms with Gasteiger partial charge in [0.1, 0.15) is 0 Å². The topological polar surface area (TPSA) is 139 Å². The summed E-state index contributed by atoms with van der Waals surface area (Å²) in [6, 6.07) is 12.1. The lowest BCUT2D eigenvalue weighted by Crippen LogP contribution is -2.33. The van der Waals surface area contributed by atoms with E-state index in [0.29, 0.717) is 11.1 Å². The minimum atomic E-state index is -3.55. The molecule has 0 fully saturated rings. The number of hydrogen-bond donors (Lipinski definition) is 3. The Bertz CT molecular complexity index is 1000. The molecular formula is C19H22N4O5S. The maximum atomic E-state index is 12.3. The zero-order valence-electron chi connectivity index (χ0n) is 16.0. The molecule has 2 aromatic rings. The van der Waals surface area contributed by atoms with Gasteiger partial charge in [-0.1, -0.05) is 12.1 Å². The number of rotatable bonds is 8. The molecule has 4 N–H and O–H groups in total. The van der Waals surface area contributed by atoms with Crippen molar-refractivity contribution in [3.8, 4) is 0 Å². The summed E-state index contributed by atoms with van der Waals surface area (Å²) in [4.78, 5) is 34.9. The van der Waals surface area contributed by atoms with E-state index in [1.807, 2.05) is 0 Å². The Kier molecular flexibility index (Phi) is 7.08. The van der Waals surface area contributed by atoms with Gasteiger partial charge in [0.05, 0.1) is 11.4 Å². The van der Waals surface area contributed by atoms with Crippen LogP contribution in [-0.4, -0.2) is 51.1 Å². The number of hydrogen-bond acceptors (Lipinski definition) is 5. The average Bonchev–Trinajstić information content (AvgIpc) is 2.70. The van der Waals surface area contributed by atoms with E-state index in [2.05, 4.69) is 10.6 Å². The highest BCUT2D eigenvalue weighted by atomic mass is 32.2. The van der Waals surface area contributed by atoms with Crippen LogP contribution in [0.1, 0.15) is 26.3 Å². The summed E-state index contributed by atoms with van der Waals surface area (Å²) in [6.45, 7) is -0.0228. The van der Waals surface area contributed by atoms with Gasteiger partial charge in [-0.05, 0) is 42.0 Å². The summed E-state index contributed by atoms with van der Waals surface area (Å²) in [5, 5.41) is 5.11. The summed E-state index contributed by atoms with van der Waals surface area (Å²) in [5.74, 6) is -1.42. The SMILES string of the molecule is CN(C)S(=O)(=O)c1ccc(C(=O)NCc2ccc(C(=O)NCC(N)=O)cc2)cc1. The quantitative estimate of drug-likeness (QED) is 0.557. The van der Waals surface area contributed by atoms with E-state index < -0.39 is 21.8 Å². The van der Waals surface area contributed by atoms with Gasteiger partial charge in [-0.3, -0.25) is 14.4 Å². The van der Waals surface area contributed by atoms with Gasteiger partial charge in [-0.2, -0.15) is 0 Å². The van der Waals surface area contributed by atoms with E-state index in [-0.39, 0.29) is 23.9 Å². The third-order valence-corrected chi connectivity index (χ3v) is 5.82. The van der Waals surface area contributed by atoms with Crippen molar-refractivity contribution in [1.29, 1.82) is 0 Å². The van der Waals surface area contributed by atoms with Gasteiger partial charge in [0, 0.05) is 31.8 Å². The second-order valence-electron chi connectivity index (χ2n) is 6.34. The Morgan fingerprint density at radius 2 is 1.34 bits per heavy atom. The van der Waals surface area contributed by atoms with Crippen molar-refractivity contribution in [1.82, 2.24) is 14.9 Å². The third-order valence-electron chi connectivity index (χ3n) is 3.99. The van der Waals surface area contributed by atoms with E-state index in [4.69, 9.17) is 5.73 Å². The van der Waals surface area contributed by atoms with E-state index in [9.17, 15) is 22.8 Å². The molecule has 2 aromatic carbocycles. The minimum absolute atomic E-state index is 0.101. The number of carbonyl (C=O) groups excluding carboxylic acids is 3. The predicted molar refractivity (Wildman–Crippen MR) is 106 cm³/mol. The maximum Gasteiger partial charge on any atom is 0.251 e. The molecule has 0 atom stereocenters. The molecule has 9 nitrogen and oxygen atoms in total. The molecule has 0 heterocycles. The third kappa shape index (κ3) is 5.87. The molecule has 0 unspecified atom stereocenters. The van der Waals surface area contributed by atoms with Gasteiger partial charge in [0.25, 0.3) is 11.8 Å². The van der Waals surface area contributed by atoms with Crippen LogP contribution in [0.25, 0.3) is 0 Å².